The van der Waals surface area contributed by atoms with Crippen LogP contribution in [-0.2, 0) is 14.3 Å². The molecule has 0 radical (unpaired) electrons. The molecule has 3 saturated carbocycles. The highest BCUT2D eigenvalue weighted by Gasteiger charge is 2.60. The maximum Gasteiger partial charge on any atom is 0.307 e. The van der Waals surface area contributed by atoms with Crippen molar-refractivity contribution >= 4 is 11.9 Å². The van der Waals surface area contributed by atoms with Crippen molar-refractivity contribution in [1.29, 1.82) is 0 Å². The van der Waals surface area contributed by atoms with E-state index < -0.39 is 5.97 Å². The van der Waals surface area contributed by atoms with E-state index in [-0.39, 0.29) is 28.8 Å². The van der Waals surface area contributed by atoms with Gasteiger partial charge in [0, 0.05) is 13.3 Å². The number of rotatable bonds is 2. The van der Waals surface area contributed by atoms with Crippen molar-refractivity contribution in [2.75, 3.05) is 0 Å². The summed E-state index contributed by atoms with van der Waals surface area (Å²) in [6.07, 6.45) is 10.6. The number of hydrogen-bond acceptors (Lipinski definition) is 3. The second-order valence-corrected chi connectivity index (χ2v) is 9.75. The van der Waals surface area contributed by atoms with Gasteiger partial charge in [-0.2, -0.15) is 0 Å². The van der Waals surface area contributed by atoms with Crippen LogP contribution in [0.5, 0.6) is 0 Å². The van der Waals surface area contributed by atoms with E-state index in [9.17, 15) is 14.7 Å². The van der Waals surface area contributed by atoms with Gasteiger partial charge in [0.15, 0.2) is 0 Å². The van der Waals surface area contributed by atoms with Gasteiger partial charge in [0.05, 0.1) is 5.92 Å². The van der Waals surface area contributed by atoms with Crippen molar-refractivity contribution in [2.24, 2.45) is 34.5 Å². The van der Waals surface area contributed by atoms with Crippen LogP contribution in [0.4, 0.5) is 0 Å². The van der Waals surface area contributed by atoms with Gasteiger partial charge in [0.2, 0.25) is 0 Å². The molecule has 0 aromatic heterocycles. The number of esters is 1. The molecule has 0 bridgehead atoms. The zero-order valence-electron chi connectivity index (χ0n) is 16.3. The van der Waals surface area contributed by atoms with E-state index in [4.69, 9.17) is 4.74 Å². The van der Waals surface area contributed by atoms with Gasteiger partial charge >= 0.3 is 11.9 Å². The third kappa shape index (κ3) is 2.55. The van der Waals surface area contributed by atoms with Crippen molar-refractivity contribution in [3.05, 3.63) is 11.6 Å². The van der Waals surface area contributed by atoms with Gasteiger partial charge in [-0.25, -0.2) is 0 Å². The molecule has 4 aliphatic carbocycles. The van der Waals surface area contributed by atoms with Gasteiger partial charge in [-0.05, 0) is 73.5 Å². The van der Waals surface area contributed by atoms with Gasteiger partial charge in [0.1, 0.15) is 6.10 Å². The van der Waals surface area contributed by atoms with E-state index >= 15 is 0 Å². The van der Waals surface area contributed by atoms with Crippen molar-refractivity contribution in [3.8, 4) is 0 Å². The number of carboxylic acid groups (broad SMARTS) is 1. The number of fused-ring (bicyclic) bond motifs is 5. The number of hydrogen-bond donors (Lipinski definition) is 1. The first kappa shape index (κ1) is 18.1. The van der Waals surface area contributed by atoms with Crippen LogP contribution >= 0.6 is 0 Å². The summed E-state index contributed by atoms with van der Waals surface area (Å²) < 4.78 is 5.50. The maximum atomic E-state index is 11.8. The first-order valence-corrected chi connectivity index (χ1v) is 10.4. The third-order valence-corrected chi connectivity index (χ3v) is 8.69. The lowest BCUT2D eigenvalue weighted by Gasteiger charge is -2.57. The lowest BCUT2D eigenvalue weighted by Crippen LogP contribution is -2.51. The molecule has 7 atom stereocenters. The van der Waals surface area contributed by atoms with Crippen molar-refractivity contribution in [2.45, 2.75) is 78.2 Å². The molecular weight excluding hydrogens is 328 g/mol. The zero-order chi connectivity index (χ0) is 18.7. The summed E-state index contributed by atoms with van der Waals surface area (Å²) in [7, 11) is 0. The summed E-state index contributed by atoms with van der Waals surface area (Å²) in [5.41, 5.74) is 1.68. The average molecular weight is 360 g/mol. The Morgan fingerprint density at radius 1 is 1.12 bits per heavy atom. The average Bonchev–Trinajstić information content (AvgIpc) is 2.92. The molecule has 3 fully saturated rings. The van der Waals surface area contributed by atoms with E-state index in [2.05, 4.69) is 19.9 Å². The van der Waals surface area contributed by atoms with Gasteiger partial charge in [-0.1, -0.05) is 25.5 Å². The molecule has 0 aromatic carbocycles. The van der Waals surface area contributed by atoms with Gasteiger partial charge < -0.3 is 9.84 Å². The van der Waals surface area contributed by atoms with E-state index in [1.807, 2.05) is 0 Å². The molecule has 144 valence electrons. The Hall–Kier alpha value is -1.32. The smallest absolute Gasteiger partial charge is 0.307 e. The van der Waals surface area contributed by atoms with Crippen LogP contribution in [0, 0.1) is 34.5 Å². The quantitative estimate of drug-likeness (QED) is 0.578. The molecule has 1 N–H and O–H groups in total. The summed E-state index contributed by atoms with van der Waals surface area (Å²) in [4.78, 5) is 23.1. The zero-order valence-corrected chi connectivity index (χ0v) is 16.3. The molecule has 0 heterocycles. The van der Waals surface area contributed by atoms with Gasteiger partial charge in [-0.15, -0.1) is 0 Å². The number of carboxylic acids is 1. The Morgan fingerprint density at radius 2 is 1.88 bits per heavy atom. The summed E-state index contributed by atoms with van der Waals surface area (Å²) in [6, 6.07) is 0. The van der Waals surface area contributed by atoms with Crippen molar-refractivity contribution in [3.63, 3.8) is 0 Å². The van der Waals surface area contributed by atoms with Crippen LogP contribution in [0.2, 0.25) is 0 Å². The first-order chi connectivity index (χ1) is 12.3. The molecule has 0 aliphatic heterocycles. The first-order valence-electron chi connectivity index (χ1n) is 10.4. The monoisotopic (exact) mass is 360 g/mol. The predicted molar refractivity (Wildman–Crippen MR) is 98.4 cm³/mol. The highest BCUT2D eigenvalue weighted by Crippen LogP contribution is 2.66. The summed E-state index contributed by atoms with van der Waals surface area (Å²) >= 11 is 0. The largest absolute Gasteiger partial charge is 0.481 e. The van der Waals surface area contributed by atoms with E-state index in [1.54, 1.807) is 0 Å². The third-order valence-electron chi connectivity index (χ3n) is 8.69. The maximum absolute atomic E-state index is 11.8. The van der Waals surface area contributed by atoms with Crippen LogP contribution < -0.4 is 0 Å². The van der Waals surface area contributed by atoms with Crippen molar-refractivity contribution in [1.82, 2.24) is 0 Å². The fourth-order valence-corrected chi connectivity index (χ4v) is 7.37. The van der Waals surface area contributed by atoms with Crippen LogP contribution in [-0.4, -0.2) is 23.1 Å². The molecule has 4 aliphatic rings. The number of ether oxygens (including phenoxy) is 1. The molecule has 0 amide bonds. The SMILES string of the molecule is CC(=O)O[C@@H]1CC[C@@]2(C)C(=CC[C@@H]3[C@@H]4CC[C@H](C(=O)O)[C@@]4(C)CC[C@@H]32)C1. The molecule has 4 heteroatoms. The second kappa shape index (κ2) is 6.10. The van der Waals surface area contributed by atoms with E-state index in [1.165, 1.54) is 12.5 Å². The molecule has 0 saturated heterocycles. The normalized spacial score (nSPS) is 47.2. The molecule has 4 rings (SSSR count). The standard InChI is InChI=1S/C22H32O4/c1-13(23)26-15-8-10-21(2)14(12-15)4-5-16-17-6-7-19(20(24)25)22(17,3)11-9-18(16)21/h4,15-19H,5-12H2,1-3H3,(H,24,25)/t15-,16-,17+,18+,19-,21+,22+/m1/s1. The minimum atomic E-state index is -0.589. The fraction of sp³-hybridized carbons (Fsp3) is 0.818. The Balaban J connectivity index is 1.59. The fourth-order valence-electron chi connectivity index (χ4n) is 7.37. The topological polar surface area (TPSA) is 63.6 Å². The molecular formula is C22H32O4. The van der Waals surface area contributed by atoms with Gasteiger partial charge in [-0.3, -0.25) is 9.59 Å². The highest BCUT2D eigenvalue weighted by atomic mass is 16.5. The predicted octanol–water partition coefficient (Wildman–Crippen LogP) is 4.58. The van der Waals surface area contributed by atoms with Gasteiger partial charge in [0.25, 0.3) is 0 Å². The Kier molecular flexibility index (Phi) is 4.24. The van der Waals surface area contributed by atoms with Crippen molar-refractivity contribution < 1.29 is 19.4 Å². The van der Waals surface area contributed by atoms with Crippen LogP contribution in [0.1, 0.15) is 72.1 Å². The summed E-state index contributed by atoms with van der Waals surface area (Å²) in [6.45, 7) is 6.17. The molecule has 0 unspecified atom stereocenters. The lowest BCUT2D eigenvalue weighted by atomic mass is 9.47. The van der Waals surface area contributed by atoms with Crippen LogP contribution in [0.25, 0.3) is 0 Å². The highest BCUT2D eigenvalue weighted by molar-refractivity contribution is 5.71. The Labute approximate surface area is 156 Å². The van der Waals surface area contributed by atoms with Crippen LogP contribution in [0.3, 0.4) is 0 Å². The number of carbonyl (C=O) groups excluding carboxylic acids is 1. The lowest BCUT2D eigenvalue weighted by molar-refractivity contribution is -0.151. The summed E-state index contributed by atoms with van der Waals surface area (Å²) in [5.74, 6) is 0.901. The molecule has 0 spiro atoms. The Bertz CT molecular complexity index is 653. The number of allylic oxidation sites excluding steroid dienone is 1. The molecule has 26 heavy (non-hydrogen) atoms. The number of carbonyl (C=O) groups is 2. The second-order valence-electron chi connectivity index (χ2n) is 9.75. The molecule has 4 nitrogen and oxygen atoms in total. The van der Waals surface area contributed by atoms with E-state index in [0.29, 0.717) is 17.8 Å². The Morgan fingerprint density at radius 3 is 2.58 bits per heavy atom. The minimum absolute atomic E-state index is 0.0242. The summed E-state index contributed by atoms with van der Waals surface area (Å²) in [5, 5.41) is 9.70. The van der Waals surface area contributed by atoms with Crippen LogP contribution in [0.15, 0.2) is 11.6 Å². The number of aliphatic carboxylic acids is 1. The minimum Gasteiger partial charge on any atom is -0.481 e. The molecule has 0 aromatic rings. The van der Waals surface area contributed by atoms with E-state index in [0.717, 1.165) is 51.4 Å².